The molecule has 28 heavy (non-hydrogen) atoms. The Morgan fingerprint density at radius 1 is 1.25 bits per heavy atom. The summed E-state index contributed by atoms with van der Waals surface area (Å²) in [5.41, 5.74) is 3.03. The molecule has 1 aromatic carbocycles. The van der Waals surface area contributed by atoms with Gasteiger partial charge in [0.25, 0.3) is 0 Å². The monoisotopic (exact) mass is 500 g/mol. The van der Waals surface area contributed by atoms with Gasteiger partial charge >= 0.3 is 0 Å². The van der Waals surface area contributed by atoms with E-state index in [1.807, 2.05) is 7.05 Å². The molecule has 5 nitrogen and oxygen atoms in total. The van der Waals surface area contributed by atoms with Crippen molar-refractivity contribution in [3.05, 3.63) is 29.8 Å². The molecule has 0 radical (unpaired) electrons. The third kappa shape index (κ3) is 5.99. The lowest BCUT2D eigenvalue weighted by Gasteiger charge is -2.42. The summed E-state index contributed by atoms with van der Waals surface area (Å²) in [6, 6.07) is 9.14. The topological polar surface area (TPSA) is 48.9 Å². The molecule has 2 fully saturated rings. The number of hydrogen-bond acceptors (Lipinski definition) is 3. The summed E-state index contributed by atoms with van der Waals surface area (Å²) in [6.45, 7) is 6.38. The van der Waals surface area contributed by atoms with E-state index < -0.39 is 0 Å². The maximum Gasteiger partial charge on any atom is 0.191 e. The van der Waals surface area contributed by atoms with Crippen LogP contribution in [0.2, 0.25) is 0 Å². The second-order valence-corrected chi connectivity index (χ2v) is 8.18. The first-order valence-electron chi connectivity index (χ1n) is 10.5. The van der Waals surface area contributed by atoms with Gasteiger partial charge in [-0.25, -0.2) is 0 Å². The van der Waals surface area contributed by atoms with Crippen molar-refractivity contribution in [3.63, 3.8) is 0 Å². The van der Waals surface area contributed by atoms with Crippen molar-refractivity contribution < 1.29 is 4.74 Å². The number of methoxy groups -OCH3 is 1. The Hall–Kier alpha value is -1.02. The zero-order chi connectivity index (χ0) is 19.1. The highest BCUT2D eigenvalue weighted by Crippen LogP contribution is 2.43. The van der Waals surface area contributed by atoms with Gasteiger partial charge in [-0.15, -0.1) is 24.0 Å². The number of aliphatic imine (C=N–C) groups is 1. The van der Waals surface area contributed by atoms with E-state index in [-0.39, 0.29) is 30.0 Å². The molecule has 1 saturated heterocycles. The van der Waals surface area contributed by atoms with E-state index in [0.717, 1.165) is 25.5 Å². The predicted molar refractivity (Wildman–Crippen MR) is 129 cm³/mol. The standard InChI is InChI=1S/C22H36N4O.HI/c1-18(19-8-6-9-20(16-19)26-13-4-5-14-26)25-21(23-2)24-17-22(10-7-11-22)12-15-27-3;/h6,8-9,16,18H,4-5,7,10-15,17H2,1-3H3,(H2,23,24,25);1H. The highest BCUT2D eigenvalue weighted by atomic mass is 127. The van der Waals surface area contributed by atoms with Crippen molar-refractivity contribution in [2.24, 2.45) is 10.4 Å². The van der Waals surface area contributed by atoms with Crippen LogP contribution in [0.4, 0.5) is 5.69 Å². The summed E-state index contributed by atoms with van der Waals surface area (Å²) < 4.78 is 5.30. The van der Waals surface area contributed by atoms with Crippen LogP contribution in [-0.2, 0) is 4.74 Å². The van der Waals surface area contributed by atoms with Gasteiger partial charge in [-0.05, 0) is 62.1 Å². The Morgan fingerprint density at radius 2 is 2.00 bits per heavy atom. The second-order valence-electron chi connectivity index (χ2n) is 8.18. The second kappa shape index (κ2) is 11.2. The van der Waals surface area contributed by atoms with Crippen LogP contribution in [0.3, 0.4) is 0 Å². The average Bonchev–Trinajstić information content (AvgIpc) is 3.20. The van der Waals surface area contributed by atoms with Gasteiger partial charge in [-0.2, -0.15) is 0 Å². The van der Waals surface area contributed by atoms with Gasteiger partial charge in [0.15, 0.2) is 5.96 Å². The molecule has 1 atom stereocenters. The van der Waals surface area contributed by atoms with Crippen LogP contribution >= 0.6 is 24.0 Å². The van der Waals surface area contributed by atoms with E-state index in [2.05, 4.69) is 51.7 Å². The van der Waals surface area contributed by atoms with E-state index in [4.69, 9.17) is 4.74 Å². The molecule has 0 aromatic heterocycles. The number of hydrogen-bond donors (Lipinski definition) is 2. The van der Waals surface area contributed by atoms with E-state index in [1.165, 1.54) is 56.4 Å². The molecule has 1 aliphatic carbocycles. The molecular weight excluding hydrogens is 463 g/mol. The number of halogens is 1. The molecule has 2 N–H and O–H groups in total. The maximum absolute atomic E-state index is 5.30. The Bertz CT molecular complexity index is 627. The molecule has 3 rings (SSSR count). The highest BCUT2D eigenvalue weighted by molar-refractivity contribution is 14.0. The lowest BCUT2D eigenvalue weighted by Crippen LogP contribution is -2.47. The van der Waals surface area contributed by atoms with Crippen molar-refractivity contribution in [2.45, 2.75) is 51.5 Å². The Labute approximate surface area is 187 Å². The number of nitrogens with one attached hydrogen (secondary N) is 2. The summed E-state index contributed by atoms with van der Waals surface area (Å²) in [6.07, 6.45) is 7.64. The fraction of sp³-hybridized carbons (Fsp3) is 0.682. The van der Waals surface area contributed by atoms with E-state index >= 15 is 0 Å². The van der Waals surface area contributed by atoms with E-state index in [1.54, 1.807) is 7.11 Å². The minimum absolute atomic E-state index is 0. The number of anilines is 1. The SMILES string of the molecule is CN=C(NCC1(CCOC)CCC1)NC(C)c1cccc(N2CCCC2)c1.I. The molecule has 1 saturated carbocycles. The number of rotatable bonds is 8. The summed E-state index contributed by atoms with van der Waals surface area (Å²) in [7, 11) is 3.64. The lowest BCUT2D eigenvalue weighted by atomic mass is 9.67. The van der Waals surface area contributed by atoms with Crippen LogP contribution in [0.15, 0.2) is 29.3 Å². The fourth-order valence-corrected chi connectivity index (χ4v) is 4.23. The molecular formula is C22H37IN4O. The van der Waals surface area contributed by atoms with Crippen LogP contribution in [0.25, 0.3) is 0 Å². The van der Waals surface area contributed by atoms with Crippen molar-refractivity contribution in [1.29, 1.82) is 0 Å². The Morgan fingerprint density at radius 3 is 2.61 bits per heavy atom. The summed E-state index contributed by atoms with van der Waals surface area (Å²) in [4.78, 5) is 6.93. The molecule has 1 aromatic rings. The van der Waals surface area contributed by atoms with Gasteiger partial charge in [0.05, 0.1) is 6.04 Å². The summed E-state index contributed by atoms with van der Waals surface area (Å²) in [5.74, 6) is 0.887. The largest absolute Gasteiger partial charge is 0.385 e. The Kier molecular flexibility index (Phi) is 9.34. The van der Waals surface area contributed by atoms with Crippen LogP contribution in [-0.4, -0.2) is 46.4 Å². The van der Waals surface area contributed by atoms with Crippen molar-refractivity contribution in [1.82, 2.24) is 10.6 Å². The van der Waals surface area contributed by atoms with Crippen molar-refractivity contribution >= 4 is 35.6 Å². The predicted octanol–water partition coefficient (Wildman–Crippen LogP) is 4.34. The third-order valence-electron chi connectivity index (χ3n) is 6.30. The maximum atomic E-state index is 5.30. The molecule has 0 spiro atoms. The molecule has 2 aliphatic rings. The average molecular weight is 500 g/mol. The van der Waals surface area contributed by atoms with Gasteiger partial charge in [0.1, 0.15) is 0 Å². The van der Waals surface area contributed by atoms with Gasteiger partial charge in [-0.1, -0.05) is 18.6 Å². The highest BCUT2D eigenvalue weighted by Gasteiger charge is 2.36. The molecule has 1 heterocycles. The molecule has 1 aliphatic heterocycles. The summed E-state index contributed by atoms with van der Waals surface area (Å²) in [5, 5.41) is 7.13. The zero-order valence-corrected chi connectivity index (χ0v) is 20.0. The quantitative estimate of drug-likeness (QED) is 0.317. The third-order valence-corrected chi connectivity index (χ3v) is 6.30. The number of guanidine groups is 1. The van der Waals surface area contributed by atoms with Gasteiger partial charge in [-0.3, -0.25) is 4.99 Å². The fourth-order valence-electron chi connectivity index (χ4n) is 4.23. The van der Waals surface area contributed by atoms with Crippen LogP contribution < -0.4 is 15.5 Å². The number of ether oxygens (including phenoxy) is 1. The van der Waals surface area contributed by atoms with Crippen LogP contribution in [0.5, 0.6) is 0 Å². The van der Waals surface area contributed by atoms with Crippen LogP contribution in [0, 0.1) is 5.41 Å². The first-order chi connectivity index (χ1) is 13.2. The molecule has 0 bridgehead atoms. The van der Waals surface area contributed by atoms with E-state index in [9.17, 15) is 0 Å². The molecule has 6 heteroatoms. The minimum Gasteiger partial charge on any atom is -0.385 e. The first kappa shape index (κ1) is 23.3. The number of benzene rings is 1. The molecule has 0 amide bonds. The Balaban J connectivity index is 0.00000280. The van der Waals surface area contributed by atoms with Crippen molar-refractivity contribution in [2.75, 3.05) is 45.3 Å². The zero-order valence-electron chi connectivity index (χ0n) is 17.7. The minimum atomic E-state index is 0. The lowest BCUT2D eigenvalue weighted by molar-refractivity contribution is 0.0732. The summed E-state index contributed by atoms with van der Waals surface area (Å²) >= 11 is 0. The molecule has 158 valence electrons. The van der Waals surface area contributed by atoms with Gasteiger partial charge in [0, 0.05) is 46.1 Å². The smallest absolute Gasteiger partial charge is 0.191 e. The normalized spacial score (nSPS) is 19.5. The molecule has 1 unspecified atom stereocenters. The van der Waals surface area contributed by atoms with Gasteiger partial charge < -0.3 is 20.3 Å². The van der Waals surface area contributed by atoms with E-state index in [0.29, 0.717) is 5.41 Å². The van der Waals surface area contributed by atoms with Gasteiger partial charge in [0.2, 0.25) is 0 Å². The number of nitrogens with zero attached hydrogens (tertiary/aromatic N) is 2. The van der Waals surface area contributed by atoms with Crippen molar-refractivity contribution in [3.8, 4) is 0 Å². The van der Waals surface area contributed by atoms with Crippen LogP contribution in [0.1, 0.15) is 57.1 Å². The first-order valence-corrected chi connectivity index (χ1v) is 10.5.